The molecule has 0 bridgehead atoms. The summed E-state index contributed by atoms with van der Waals surface area (Å²) in [6, 6.07) is 0. The summed E-state index contributed by atoms with van der Waals surface area (Å²) >= 11 is 0. The first kappa shape index (κ1) is 17.2. The molecule has 114 valence electrons. The highest BCUT2D eigenvalue weighted by Gasteiger charge is 2.20. The lowest BCUT2D eigenvalue weighted by molar-refractivity contribution is -0.140. The van der Waals surface area contributed by atoms with Crippen LogP contribution in [-0.4, -0.2) is 18.9 Å². The van der Waals surface area contributed by atoms with Crippen molar-refractivity contribution in [3.05, 3.63) is 48.1 Å². The highest BCUT2D eigenvalue weighted by Crippen LogP contribution is 2.25. The monoisotopic (exact) mass is 288 g/mol. The highest BCUT2D eigenvalue weighted by molar-refractivity contribution is 6.07. The number of hydrogen-bond donors (Lipinski definition) is 0. The Bertz CT molecular complexity index is 467. The molecule has 0 fully saturated rings. The first-order valence-corrected chi connectivity index (χ1v) is 7.50. The van der Waals surface area contributed by atoms with E-state index in [1.165, 1.54) is 7.11 Å². The second-order valence-corrected chi connectivity index (χ2v) is 4.96. The fourth-order valence-electron chi connectivity index (χ4n) is 2.13. The van der Waals surface area contributed by atoms with E-state index in [1.54, 1.807) is 6.08 Å². The molecule has 21 heavy (non-hydrogen) atoms. The third-order valence-corrected chi connectivity index (χ3v) is 3.35. The molecule has 0 saturated heterocycles. The molecule has 0 spiro atoms. The zero-order valence-electron chi connectivity index (χ0n) is 12.9. The van der Waals surface area contributed by atoms with Gasteiger partial charge in [0, 0.05) is 17.9 Å². The summed E-state index contributed by atoms with van der Waals surface area (Å²) in [5, 5.41) is 0. The van der Waals surface area contributed by atoms with Crippen LogP contribution >= 0.6 is 0 Å². The van der Waals surface area contributed by atoms with Gasteiger partial charge in [0.25, 0.3) is 0 Å². The summed E-state index contributed by atoms with van der Waals surface area (Å²) in [6.07, 6.45) is 17.6. The first-order valence-electron chi connectivity index (χ1n) is 7.50. The Morgan fingerprint density at radius 2 is 2.14 bits per heavy atom. The largest absolute Gasteiger partial charge is 0.469 e. The maximum absolute atomic E-state index is 11.8. The SMILES string of the molecule is CCC=CC=C1C(=O)C=CC1CC=CCCCC(=O)OC. The molecule has 0 aromatic carbocycles. The van der Waals surface area contributed by atoms with Gasteiger partial charge in [0.2, 0.25) is 0 Å². The highest BCUT2D eigenvalue weighted by atomic mass is 16.5. The van der Waals surface area contributed by atoms with Gasteiger partial charge >= 0.3 is 5.97 Å². The first-order chi connectivity index (χ1) is 10.2. The van der Waals surface area contributed by atoms with Crippen LogP contribution in [0.2, 0.25) is 0 Å². The summed E-state index contributed by atoms with van der Waals surface area (Å²) in [7, 11) is 1.41. The fraction of sp³-hybridized carbons (Fsp3) is 0.444. The van der Waals surface area contributed by atoms with Crippen LogP contribution in [0.1, 0.15) is 39.0 Å². The van der Waals surface area contributed by atoms with E-state index in [0.29, 0.717) is 6.42 Å². The molecule has 1 unspecified atom stereocenters. The Morgan fingerprint density at radius 3 is 2.86 bits per heavy atom. The molecule has 0 aromatic heterocycles. The number of hydrogen-bond acceptors (Lipinski definition) is 3. The summed E-state index contributed by atoms with van der Waals surface area (Å²) < 4.78 is 4.59. The standard InChI is InChI=1S/C18H24O3/c1-3-4-7-11-16-15(13-14-17(16)19)10-8-5-6-9-12-18(20)21-2/h4-5,7-8,11,13-15H,3,6,9-10,12H2,1-2H3. The van der Waals surface area contributed by atoms with Crippen molar-refractivity contribution in [2.45, 2.75) is 39.0 Å². The number of ether oxygens (including phenoxy) is 1. The van der Waals surface area contributed by atoms with Crippen LogP contribution in [0, 0.1) is 5.92 Å². The van der Waals surface area contributed by atoms with Crippen molar-refractivity contribution in [3.8, 4) is 0 Å². The average molecular weight is 288 g/mol. The molecular weight excluding hydrogens is 264 g/mol. The van der Waals surface area contributed by atoms with Crippen molar-refractivity contribution in [2.24, 2.45) is 5.92 Å². The van der Waals surface area contributed by atoms with E-state index in [-0.39, 0.29) is 17.7 Å². The minimum absolute atomic E-state index is 0.111. The molecule has 1 aliphatic carbocycles. The molecule has 0 aliphatic heterocycles. The number of unbranched alkanes of at least 4 members (excludes halogenated alkanes) is 1. The van der Waals surface area contributed by atoms with Crippen LogP contribution < -0.4 is 0 Å². The van der Waals surface area contributed by atoms with Crippen LogP contribution in [0.25, 0.3) is 0 Å². The number of esters is 1. The predicted molar refractivity (Wildman–Crippen MR) is 84.8 cm³/mol. The molecule has 3 nitrogen and oxygen atoms in total. The maximum atomic E-state index is 11.8. The molecule has 1 atom stereocenters. The van der Waals surface area contributed by atoms with E-state index in [0.717, 1.165) is 31.3 Å². The van der Waals surface area contributed by atoms with Crippen molar-refractivity contribution >= 4 is 11.8 Å². The third kappa shape index (κ3) is 6.39. The molecule has 1 rings (SSSR count). The Balaban J connectivity index is 2.38. The van der Waals surface area contributed by atoms with Gasteiger partial charge in [0.05, 0.1) is 7.11 Å². The zero-order chi connectivity index (χ0) is 15.5. The van der Waals surface area contributed by atoms with Gasteiger partial charge in [-0.15, -0.1) is 0 Å². The van der Waals surface area contributed by atoms with E-state index >= 15 is 0 Å². The quantitative estimate of drug-likeness (QED) is 0.294. The second kappa shape index (κ2) is 9.92. The van der Waals surface area contributed by atoms with Gasteiger partial charge in [0.1, 0.15) is 0 Å². The number of rotatable bonds is 8. The minimum Gasteiger partial charge on any atom is -0.469 e. The van der Waals surface area contributed by atoms with Crippen molar-refractivity contribution in [1.82, 2.24) is 0 Å². The molecule has 0 amide bonds. The Kier molecular flexibility index (Phi) is 8.10. The van der Waals surface area contributed by atoms with Gasteiger partial charge in [-0.05, 0) is 31.8 Å². The molecule has 0 heterocycles. The number of carbonyl (C=O) groups excluding carboxylic acids is 2. The second-order valence-electron chi connectivity index (χ2n) is 4.96. The normalized spacial score (nSPS) is 20.2. The van der Waals surface area contributed by atoms with E-state index in [1.807, 2.05) is 24.3 Å². The minimum atomic E-state index is -0.166. The lowest BCUT2D eigenvalue weighted by atomic mass is 9.97. The van der Waals surface area contributed by atoms with E-state index in [9.17, 15) is 9.59 Å². The van der Waals surface area contributed by atoms with Gasteiger partial charge in [-0.3, -0.25) is 9.59 Å². The molecule has 0 aromatic rings. The molecular formula is C18H24O3. The lowest BCUT2D eigenvalue weighted by Gasteiger charge is -2.06. The topological polar surface area (TPSA) is 43.4 Å². The van der Waals surface area contributed by atoms with Crippen molar-refractivity contribution < 1.29 is 14.3 Å². The Morgan fingerprint density at radius 1 is 1.33 bits per heavy atom. The number of methoxy groups -OCH3 is 1. The summed E-state index contributed by atoms with van der Waals surface area (Å²) in [5.41, 5.74) is 0.860. The lowest BCUT2D eigenvalue weighted by Crippen LogP contribution is -2.01. The Hall–Kier alpha value is -1.90. The number of carbonyl (C=O) groups is 2. The van der Waals surface area contributed by atoms with Crippen LogP contribution in [0.3, 0.4) is 0 Å². The van der Waals surface area contributed by atoms with E-state index in [2.05, 4.69) is 23.8 Å². The molecule has 0 saturated carbocycles. The van der Waals surface area contributed by atoms with Crippen LogP contribution in [0.15, 0.2) is 48.1 Å². The van der Waals surface area contributed by atoms with Gasteiger partial charge in [-0.25, -0.2) is 0 Å². The summed E-state index contributed by atoms with van der Waals surface area (Å²) in [5.74, 6) is 0.122. The fourth-order valence-corrected chi connectivity index (χ4v) is 2.13. The maximum Gasteiger partial charge on any atom is 0.305 e. The van der Waals surface area contributed by atoms with E-state index in [4.69, 9.17) is 0 Å². The third-order valence-electron chi connectivity index (χ3n) is 3.35. The van der Waals surface area contributed by atoms with Crippen molar-refractivity contribution in [1.29, 1.82) is 0 Å². The van der Waals surface area contributed by atoms with Crippen LogP contribution in [0.4, 0.5) is 0 Å². The van der Waals surface area contributed by atoms with Crippen LogP contribution in [-0.2, 0) is 14.3 Å². The molecule has 1 aliphatic rings. The smallest absolute Gasteiger partial charge is 0.305 e. The van der Waals surface area contributed by atoms with E-state index < -0.39 is 0 Å². The summed E-state index contributed by atoms with van der Waals surface area (Å²) in [6.45, 7) is 2.07. The number of allylic oxidation sites excluding steroid dienone is 8. The molecule has 0 N–H and O–H groups in total. The predicted octanol–water partition coefficient (Wildman–Crippen LogP) is 3.92. The molecule has 3 heteroatoms. The van der Waals surface area contributed by atoms with Crippen molar-refractivity contribution in [3.63, 3.8) is 0 Å². The van der Waals surface area contributed by atoms with Gasteiger partial charge < -0.3 is 4.74 Å². The molecule has 0 radical (unpaired) electrons. The summed E-state index contributed by atoms with van der Waals surface area (Å²) in [4.78, 5) is 22.7. The van der Waals surface area contributed by atoms with Crippen molar-refractivity contribution in [2.75, 3.05) is 7.11 Å². The average Bonchev–Trinajstić information content (AvgIpc) is 2.83. The number of ketones is 1. The van der Waals surface area contributed by atoms with Gasteiger partial charge in [-0.2, -0.15) is 0 Å². The zero-order valence-corrected chi connectivity index (χ0v) is 12.9. The van der Waals surface area contributed by atoms with Gasteiger partial charge in [0.15, 0.2) is 5.78 Å². The van der Waals surface area contributed by atoms with Crippen LogP contribution in [0.5, 0.6) is 0 Å². The van der Waals surface area contributed by atoms with Gasteiger partial charge in [-0.1, -0.05) is 43.4 Å². The Labute approximate surface area is 127 Å².